The van der Waals surface area contributed by atoms with Gasteiger partial charge in [0.25, 0.3) is 5.56 Å². The van der Waals surface area contributed by atoms with E-state index in [-0.39, 0.29) is 5.56 Å². The zero-order valence-electron chi connectivity index (χ0n) is 15.5. The normalized spacial score (nSPS) is 10.8. The van der Waals surface area contributed by atoms with Crippen LogP contribution in [0.2, 0.25) is 0 Å². The molecule has 0 saturated heterocycles. The van der Waals surface area contributed by atoms with Gasteiger partial charge in [0.05, 0.1) is 5.69 Å². The highest BCUT2D eigenvalue weighted by molar-refractivity contribution is 5.59. The molecule has 0 saturated carbocycles. The molecule has 2 rings (SSSR count). The number of nitrogens with zero attached hydrogens (tertiary/aromatic N) is 3. The largest absolute Gasteiger partial charge is 0.356 e. The number of unbranched alkanes of at least 4 members (excludes halogenated alkanes) is 7. The quantitative estimate of drug-likeness (QED) is 0.615. The number of hydrogen-bond acceptors (Lipinski definition) is 4. The van der Waals surface area contributed by atoms with E-state index >= 15 is 0 Å². The average Bonchev–Trinajstić information content (AvgIpc) is 2.64. The van der Waals surface area contributed by atoms with Gasteiger partial charge in [-0.2, -0.15) is 0 Å². The second-order valence-corrected chi connectivity index (χ2v) is 6.50. The van der Waals surface area contributed by atoms with Crippen LogP contribution >= 0.6 is 0 Å². The summed E-state index contributed by atoms with van der Waals surface area (Å²) in [5.74, 6) is 0.627. The van der Waals surface area contributed by atoms with E-state index in [9.17, 15) is 4.79 Å². The number of hydrogen-bond donors (Lipinski definition) is 1. The van der Waals surface area contributed by atoms with Crippen LogP contribution in [0.25, 0.3) is 11.3 Å². The lowest BCUT2D eigenvalue weighted by molar-refractivity contribution is 0.580. The molecule has 25 heavy (non-hydrogen) atoms. The van der Waals surface area contributed by atoms with E-state index in [4.69, 9.17) is 0 Å². The van der Waals surface area contributed by atoms with Gasteiger partial charge in [0.1, 0.15) is 0 Å². The molecule has 0 aromatic carbocycles. The van der Waals surface area contributed by atoms with Crippen LogP contribution in [0.4, 0.5) is 5.95 Å². The van der Waals surface area contributed by atoms with Crippen LogP contribution in [0.3, 0.4) is 0 Å². The van der Waals surface area contributed by atoms with Gasteiger partial charge in [-0.25, -0.2) is 4.98 Å². The minimum atomic E-state index is -0.0553. The van der Waals surface area contributed by atoms with Gasteiger partial charge < -0.3 is 5.32 Å². The maximum absolute atomic E-state index is 12.2. The van der Waals surface area contributed by atoms with Crippen LogP contribution in [-0.2, 0) is 7.05 Å². The number of aromatic nitrogens is 3. The Balaban J connectivity index is 1.82. The maximum Gasteiger partial charge on any atom is 0.255 e. The first-order valence-electron chi connectivity index (χ1n) is 9.44. The molecule has 2 heterocycles. The van der Waals surface area contributed by atoms with Crippen LogP contribution in [0.5, 0.6) is 0 Å². The van der Waals surface area contributed by atoms with Gasteiger partial charge in [0.2, 0.25) is 5.95 Å². The first-order valence-corrected chi connectivity index (χ1v) is 9.44. The van der Waals surface area contributed by atoms with Crippen LogP contribution in [0.1, 0.15) is 58.3 Å². The SMILES string of the molecule is CCCCCCCCCCNc1nc(-c2ccncc2)cc(=O)n1C. The van der Waals surface area contributed by atoms with E-state index in [1.165, 1.54) is 44.9 Å². The number of nitrogens with one attached hydrogen (secondary N) is 1. The monoisotopic (exact) mass is 342 g/mol. The molecule has 5 nitrogen and oxygen atoms in total. The van der Waals surface area contributed by atoms with Crippen molar-refractivity contribution in [1.82, 2.24) is 14.5 Å². The van der Waals surface area contributed by atoms with Crippen molar-refractivity contribution in [2.45, 2.75) is 58.3 Å². The van der Waals surface area contributed by atoms with E-state index < -0.39 is 0 Å². The van der Waals surface area contributed by atoms with Crippen molar-refractivity contribution in [2.75, 3.05) is 11.9 Å². The van der Waals surface area contributed by atoms with Crippen molar-refractivity contribution in [3.05, 3.63) is 40.9 Å². The summed E-state index contributed by atoms with van der Waals surface area (Å²) < 4.78 is 1.56. The second-order valence-electron chi connectivity index (χ2n) is 6.50. The molecular weight excluding hydrogens is 312 g/mol. The summed E-state index contributed by atoms with van der Waals surface area (Å²) in [5.41, 5.74) is 1.53. The van der Waals surface area contributed by atoms with Gasteiger partial charge in [0.15, 0.2) is 0 Å². The molecule has 0 spiro atoms. The Morgan fingerprint density at radius 3 is 2.32 bits per heavy atom. The summed E-state index contributed by atoms with van der Waals surface area (Å²) in [6.45, 7) is 3.09. The summed E-state index contributed by atoms with van der Waals surface area (Å²) >= 11 is 0. The van der Waals surface area contributed by atoms with Crippen LogP contribution in [0, 0.1) is 0 Å². The third-order valence-corrected chi connectivity index (χ3v) is 4.42. The van der Waals surface area contributed by atoms with Crippen LogP contribution in [-0.4, -0.2) is 21.1 Å². The van der Waals surface area contributed by atoms with Crippen molar-refractivity contribution < 1.29 is 0 Å². The smallest absolute Gasteiger partial charge is 0.255 e. The van der Waals surface area contributed by atoms with Crippen molar-refractivity contribution in [2.24, 2.45) is 7.05 Å². The lowest BCUT2D eigenvalue weighted by Crippen LogP contribution is -2.22. The Labute approximate surface area is 150 Å². The molecule has 2 aromatic rings. The Bertz CT molecular complexity index is 682. The van der Waals surface area contributed by atoms with E-state index in [1.807, 2.05) is 12.1 Å². The Morgan fingerprint density at radius 2 is 1.64 bits per heavy atom. The van der Waals surface area contributed by atoms with E-state index in [0.717, 1.165) is 18.5 Å². The molecule has 2 aromatic heterocycles. The summed E-state index contributed by atoms with van der Waals surface area (Å²) in [7, 11) is 1.75. The fraction of sp³-hybridized carbons (Fsp3) is 0.550. The molecule has 5 heteroatoms. The van der Waals surface area contributed by atoms with Crippen molar-refractivity contribution in [3.8, 4) is 11.3 Å². The topological polar surface area (TPSA) is 59.8 Å². The molecule has 1 N–H and O–H groups in total. The van der Waals surface area contributed by atoms with Gasteiger partial charge >= 0.3 is 0 Å². The van der Waals surface area contributed by atoms with Crippen molar-refractivity contribution >= 4 is 5.95 Å². The third-order valence-electron chi connectivity index (χ3n) is 4.42. The van der Waals surface area contributed by atoms with Gasteiger partial charge in [0, 0.05) is 37.6 Å². The zero-order chi connectivity index (χ0) is 17.9. The lowest BCUT2D eigenvalue weighted by atomic mass is 10.1. The number of anilines is 1. The van der Waals surface area contributed by atoms with Gasteiger partial charge in [-0.1, -0.05) is 51.9 Å². The van der Waals surface area contributed by atoms with Gasteiger partial charge in [-0.05, 0) is 18.6 Å². The van der Waals surface area contributed by atoms with Crippen LogP contribution in [0.15, 0.2) is 35.4 Å². The highest BCUT2D eigenvalue weighted by atomic mass is 16.1. The highest BCUT2D eigenvalue weighted by Gasteiger charge is 2.07. The molecule has 0 amide bonds. The molecule has 0 aliphatic carbocycles. The van der Waals surface area contributed by atoms with Crippen molar-refractivity contribution in [1.29, 1.82) is 0 Å². The maximum atomic E-state index is 12.2. The fourth-order valence-corrected chi connectivity index (χ4v) is 2.83. The van der Waals surface area contributed by atoms with E-state index in [1.54, 1.807) is 30.1 Å². The van der Waals surface area contributed by atoms with E-state index in [0.29, 0.717) is 11.6 Å². The third kappa shape index (κ3) is 6.33. The predicted molar refractivity (Wildman–Crippen MR) is 104 cm³/mol. The Morgan fingerprint density at radius 1 is 1.00 bits per heavy atom. The average molecular weight is 342 g/mol. The fourth-order valence-electron chi connectivity index (χ4n) is 2.83. The summed E-state index contributed by atoms with van der Waals surface area (Å²) in [6, 6.07) is 5.30. The predicted octanol–water partition coefficient (Wildman–Crippen LogP) is 4.39. The molecule has 0 atom stereocenters. The van der Waals surface area contributed by atoms with Crippen LogP contribution < -0.4 is 10.9 Å². The minimum Gasteiger partial charge on any atom is -0.356 e. The van der Waals surface area contributed by atoms with Gasteiger partial charge in [-0.15, -0.1) is 0 Å². The highest BCUT2D eigenvalue weighted by Crippen LogP contribution is 2.15. The summed E-state index contributed by atoms with van der Waals surface area (Å²) in [6.07, 6.45) is 13.7. The summed E-state index contributed by atoms with van der Waals surface area (Å²) in [5, 5.41) is 3.31. The Hall–Kier alpha value is -2.17. The first-order chi connectivity index (χ1) is 12.2. The molecule has 0 unspecified atom stereocenters. The molecular formula is C20H30N4O. The zero-order valence-corrected chi connectivity index (χ0v) is 15.5. The van der Waals surface area contributed by atoms with E-state index in [2.05, 4.69) is 22.2 Å². The van der Waals surface area contributed by atoms with Gasteiger partial charge in [-0.3, -0.25) is 14.3 Å². The Kier molecular flexibility index (Phi) is 8.16. The molecule has 136 valence electrons. The molecule has 0 aliphatic heterocycles. The number of rotatable bonds is 11. The summed E-state index contributed by atoms with van der Waals surface area (Å²) in [4.78, 5) is 20.8. The number of pyridine rings is 1. The second kappa shape index (κ2) is 10.6. The van der Waals surface area contributed by atoms with Crippen molar-refractivity contribution in [3.63, 3.8) is 0 Å². The standard InChI is InChI=1S/C20H30N4O/c1-3-4-5-6-7-8-9-10-13-22-20-23-18(16-19(25)24(20)2)17-11-14-21-15-12-17/h11-12,14-16H,3-10,13H2,1-2H3,(H,22,23). The minimum absolute atomic E-state index is 0.0553. The molecule has 0 bridgehead atoms. The molecule has 0 radical (unpaired) electrons. The molecule has 0 fully saturated rings. The lowest BCUT2D eigenvalue weighted by Gasteiger charge is -2.11. The molecule has 0 aliphatic rings. The first kappa shape index (κ1) is 19.2.